The van der Waals surface area contributed by atoms with Crippen LogP contribution >= 0.6 is 0 Å². The third-order valence-electron chi connectivity index (χ3n) is 7.18. The molecule has 2 aromatic heterocycles. The van der Waals surface area contributed by atoms with Crippen molar-refractivity contribution in [2.45, 2.75) is 45.2 Å². The van der Waals surface area contributed by atoms with Gasteiger partial charge < -0.3 is 20.7 Å². The summed E-state index contributed by atoms with van der Waals surface area (Å²) in [6.07, 6.45) is 6.49. The Bertz CT molecular complexity index is 1510. The standard InChI is InChI=1S/C34H39N7O3/c1-3-44-19-17-36-32(42)10-7-18-41-24-30(23-39-41)29-15-16-31(37-22-29)40-34(43)33(28-8-5-4-6-9-28)38-21-25(2)27-13-11-26(20-35)12-14-27/h4-6,8-9,11-16,22-25,33,38H,3,7,10,17-19,21H2,1-2H3,(H,36,42)(H,37,40,43). The van der Waals surface area contributed by atoms with Gasteiger partial charge in [0.25, 0.3) is 0 Å². The predicted molar refractivity (Wildman–Crippen MR) is 170 cm³/mol. The minimum absolute atomic E-state index is 0.00411. The lowest BCUT2D eigenvalue weighted by atomic mass is 9.98. The molecule has 2 heterocycles. The molecule has 2 aromatic carbocycles. The Morgan fingerprint density at radius 1 is 1.00 bits per heavy atom. The van der Waals surface area contributed by atoms with E-state index in [2.05, 4.69) is 39.0 Å². The van der Waals surface area contributed by atoms with Crippen LogP contribution in [0.4, 0.5) is 5.82 Å². The number of rotatable bonds is 16. The van der Waals surface area contributed by atoms with E-state index in [0.717, 1.165) is 22.3 Å². The fraction of sp³-hybridized carbons (Fsp3) is 0.324. The number of nitrogens with zero attached hydrogens (tertiary/aromatic N) is 4. The van der Waals surface area contributed by atoms with Crippen molar-refractivity contribution in [1.82, 2.24) is 25.4 Å². The van der Waals surface area contributed by atoms with Gasteiger partial charge in [-0.2, -0.15) is 10.4 Å². The van der Waals surface area contributed by atoms with Gasteiger partial charge in [0.1, 0.15) is 11.9 Å². The number of nitrogens with one attached hydrogen (secondary N) is 3. The van der Waals surface area contributed by atoms with Gasteiger partial charge in [-0.3, -0.25) is 14.3 Å². The van der Waals surface area contributed by atoms with Gasteiger partial charge >= 0.3 is 0 Å². The van der Waals surface area contributed by atoms with Crippen molar-refractivity contribution >= 4 is 17.6 Å². The first-order valence-electron chi connectivity index (χ1n) is 14.9. The van der Waals surface area contributed by atoms with Crippen molar-refractivity contribution in [1.29, 1.82) is 5.26 Å². The summed E-state index contributed by atoms with van der Waals surface area (Å²) in [5.74, 6) is 0.370. The summed E-state index contributed by atoms with van der Waals surface area (Å²) < 4.78 is 7.04. The first-order valence-corrected chi connectivity index (χ1v) is 14.9. The van der Waals surface area contributed by atoms with E-state index in [9.17, 15) is 9.59 Å². The maximum atomic E-state index is 13.4. The van der Waals surface area contributed by atoms with Crippen molar-refractivity contribution in [3.63, 3.8) is 0 Å². The summed E-state index contributed by atoms with van der Waals surface area (Å²) in [7, 11) is 0. The summed E-state index contributed by atoms with van der Waals surface area (Å²) in [4.78, 5) is 29.9. The Balaban J connectivity index is 1.31. The topological polar surface area (TPSA) is 134 Å². The fourth-order valence-electron chi connectivity index (χ4n) is 4.67. The van der Waals surface area contributed by atoms with Crippen molar-refractivity contribution < 1.29 is 14.3 Å². The lowest BCUT2D eigenvalue weighted by Gasteiger charge is -2.21. The number of aryl methyl sites for hydroxylation is 1. The molecule has 4 rings (SSSR count). The molecule has 2 unspecified atom stereocenters. The van der Waals surface area contributed by atoms with Gasteiger partial charge in [-0.1, -0.05) is 49.4 Å². The predicted octanol–water partition coefficient (Wildman–Crippen LogP) is 4.82. The van der Waals surface area contributed by atoms with Crippen molar-refractivity contribution in [2.24, 2.45) is 0 Å². The molecule has 0 saturated heterocycles. The number of anilines is 1. The van der Waals surface area contributed by atoms with Gasteiger partial charge in [-0.25, -0.2) is 4.98 Å². The molecule has 0 aliphatic heterocycles. The number of aromatic nitrogens is 3. The molecule has 0 spiro atoms. The molecule has 2 atom stereocenters. The molecule has 3 N–H and O–H groups in total. The van der Waals surface area contributed by atoms with Crippen molar-refractivity contribution in [2.75, 3.05) is 31.6 Å². The smallest absolute Gasteiger partial charge is 0.247 e. The molecule has 0 radical (unpaired) electrons. The summed E-state index contributed by atoms with van der Waals surface area (Å²) in [6.45, 7) is 6.87. The number of carbonyl (C=O) groups excluding carboxylic acids is 2. The van der Waals surface area contributed by atoms with Crippen LogP contribution in [0.5, 0.6) is 0 Å². The number of pyridine rings is 1. The van der Waals surface area contributed by atoms with E-state index in [1.54, 1.807) is 30.6 Å². The maximum absolute atomic E-state index is 13.4. The Hall–Kier alpha value is -4.85. The lowest BCUT2D eigenvalue weighted by molar-refractivity contribution is -0.121. The van der Waals surface area contributed by atoms with Gasteiger partial charge in [0.15, 0.2) is 0 Å². The molecule has 2 amide bonds. The first-order chi connectivity index (χ1) is 21.5. The number of hydrogen-bond donors (Lipinski definition) is 3. The van der Waals surface area contributed by atoms with E-state index in [1.165, 1.54) is 0 Å². The zero-order chi connectivity index (χ0) is 31.1. The SMILES string of the molecule is CCOCCNC(=O)CCCn1cc(-c2ccc(NC(=O)C(NCC(C)c3ccc(C#N)cc3)c3ccccc3)nc2)cn1. The van der Waals surface area contributed by atoms with Gasteiger partial charge in [0, 0.05) is 56.2 Å². The number of hydrogen-bond acceptors (Lipinski definition) is 7. The first kappa shape index (κ1) is 32.1. The summed E-state index contributed by atoms with van der Waals surface area (Å²) in [5, 5.41) is 22.7. The second-order valence-electron chi connectivity index (χ2n) is 10.5. The molecule has 44 heavy (non-hydrogen) atoms. The molecular weight excluding hydrogens is 554 g/mol. The van der Waals surface area contributed by atoms with E-state index >= 15 is 0 Å². The molecule has 228 valence electrons. The Labute approximate surface area is 258 Å². The molecule has 0 bridgehead atoms. The van der Waals surface area contributed by atoms with Crippen molar-refractivity contribution in [3.8, 4) is 17.2 Å². The van der Waals surface area contributed by atoms with Gasteiger partial charge in [0.2, 0.25) is 11.8 Å². The van der Waals surface area contributed by atoms with Crippen LogP contribution in [0.2, 0.25) is 0 Å². The number of carbonyl (C=O) groups is 2. The second kappa shape index (κ2) is 16.7. The molecule has 0 saturated carbocycles. The monoisotopic (exact) mass is 593 g/mol. The molecule has 10 nitrogen and oxygen atoms in total. The van der Waals surface area contributed by atoms with Crippen LogP contribution in [-0.2, 0) is 20.9 Å². The van der Waals surface area contributed by atoms with Crippen LogP contribution in [-0.4, -0.2) is 52.9 Å². The van der Waals surface area contributed by atoms with Crippen LogP contribution in [0.1, 0.15) is 55.3 Å². The highest BCUT2D eigenvalue weighted by molar-refractivity contribution is 5.95. The number of nitriles is 1. The minimum atomic E-state index is -0.580. The van der Waals surface area contributed by atoms with E-state index in [4.69, 9.17) is 10.00 Å². The van der Waals surface area contributed by atoms with Crippen LogP contribution in [0.15, 0.2) is 85.3 Å². The Kier molecular flexibility index (Phi) is 12.2. The highest BCUT2D eigenvalue weighted by atomic mass is 16.5. The number of benzene rings is 2. The molecule has 4 aromatic rings. The molecule has 0 aliphatic carbocycles. The molecule has 0 fully saturated rings. The summed E-state index contributed by atoms with van der Waals surface area (Å²) in [6, 6.07) is 22.3. The Morgan fingerprint density at radius 3 is 2.50 bits per heavy atom. The van der Waals surface area contributed by atoms with Crippen molar-refractivity contribution in [3.05, 3.63) is 102 Å². The van der Waals surface area contributed by atoms with Crippen LogP contribution in [0.25, 0.3) is 11.1 Å². The highest BCUT2D eigenvalue weighted by Crippen LogP contribution is 2.22. The van der Waals surface area contributed by atoms with Crippen LogP contribution in [0.3, 0.4) is 0 Å². The molecular formula is C34H39N7O3. The third kappa shape index (κ3) is 9.59. The average molecular weight is 594 g/mol. The molecule has 0 aliphatic rings. The minimum Gasteiger partial charge on any atom is -0.380 e. The van der Waals surface area contributed by atoms with Crippen LogP contribution in [0, 0.1) is 11.3 Å². The van der Waals surface area contributed by atoms with Gasteiger partial charge in [-0.15, -0.1) is 0 Å². The zero-order valence-corrected chi connectivity index (χ0v) is 25.2. The maximum Gasteiger partial charge on any atom is 0.247 e. The largest absolute Gasteiger partial charge is 0.380 e. The number of amides is 2. The highest BCUT2D eigenvalue weighted by Gasteiger charge is 2.22. The average Bonchev–Trinajstić information content (AvgIpc) is 3.53. The van der Waals surface area contributed by atoms with Gasteiger partial charge in [0.05, 0.1) is 24.4 Å². The van der Waals surface area contributed by atoms with Crippen LogP contribution < -0.4 is 16.0 Å². The fourth-order valence-corrected chi connectivity index (χ4v) is 4.67. The normalized spacial score (nSPS) is 12.2. The zero-order valence-electron chi connectivity index (χ0n) is 25.2. The quantitative estimate of drug-likeness (QED) is 0.159. The molecule has 10 heteroatoms. The number of ether oxygens (including phenoxy) is 1. The Morgan fingerprint density at radius 2 is 1.80 bits per heavy atom. The third-order valence-corrected chi connectivity index (χ3v) is 7.18. The summed E-state index contributed by atoms with van der Waals surface area (Å²) >= 11 is 0. The second-order valence-corrected chi connectivity index (χ2v) is 10.5. The van der Waals surface area contributed by atoms with Gasteiger partial charge in [-0.05, 0) is 54.7 Å². The lowest BCUT2D eigenvalue weighted by Crippen LogP contribution is -2.35. The van der Waals surface area contributed by atoms with E-state index in [1.807, 2.05) is 66.3 Å². The summed E-state index contributed by atoms with van der Waals surface area (Å²) in [5.41, 5.74) is 4.33. The van der Waals surface area contributed by atoms with E-state index < -0.39 is 6.04 Å². The van der Waals surface area contributed by atoms with E-state index in [0.29, 0.717) is 57.1 Å². The van der Waals surface area contributed by atoms with E-state index in [-0.39, 0.29) is 17.7 Å².